The molecular weight excluding hydrogens is 312 g/mol. The van der Waals surface area contributed by atoms with E-state index in [0.29, 0.717) is 26.9 Å². The summed E-state index contributed by atoms with van der Waals surface area (Å²) in [6.07, 6.45) is 0. The van der Waals surface area contributed by atoms with Crippen molar-refractivity contribution < 1.29 is 19.1 Å². The molecule has 0 saturated heterocycles. The van der Waals surface area contributed by atoms with Crippen LogP contribution in [-0.2, 0) is 4.74 Å². The first-order chi connectivity index (χ1) is 8.97. The van der Waals surface area contributed by atoms with E-state index in [1.807, 2.05) is 6.92 Å². The molecule has 1 aromatic carbocycles. The summed E-state index contributed by atoms with van der Waals surface area (Å²) in [5, 5.41) is 0. The van der Waals surface area contributed by atoms with E-state index < -0.39 is 0 Å². The largest absolute Gasteiger partial charge is 0.467 e. The normalized spacial score (nSPS) is 14.7. The Morgan fingerprint density at radius 2 is 1.74 bits per heavy atom. The fourth-order valence-corrected chi connectivity index (χ4v) is 2.33. The highest BCUT2D eigenvalue weighted by molar-refractivity contribution is 9.12. The summed E-state index contributed by atoms with van der Waals surface area (Å²) in [5.74, 6) is 0.213. The Kier molecular flexibility index (Phi) is 3.87. The molecule has 5 heteroatoms. The van der Waals surface area contributed by atoms with Crippen LogP contribution in [0.1, 0.15) is 33.2 Å². The third-order valence-corrected chi connectivity index (χ3v) is 3.96. The molecule has 0 N–H and O–H groups in total. The van der Waals surface area contributed by atoms with Crippen molar-refractivity contribution in [3.63, 3.8) is 0 Å². The molecular formula is C14H13BrO4. The molecule has 1 aromatic rings. The minimum atomic E-state index is -0.173. The van der Waals surface area contributed by atoms with Crippen LogP contribution in [0.25, 0.3) is 0 Å². The number of benzene rings is 1. The lowest BCUT2D eigenvalue weighted by Crippen LogP contribution is -2.19. The summed E-state index contributed by atoms with van der Waals surface area (Å²) >= 11 is 3.17. The summed E-state index contributed by atoms with van der Waals surface area (Å²) in [6.45, 7) is 3.55. The second kappa shape index (κ2) is 5.27. The minimum absolute atomic E-state index is 0.0975. The van der Waals surface area contributed by atoms with Gasteiger partial charge in [-0.15, -0.1) is 0 Å². The van der Waals surface area contributed by atoms with E-state index >= 15 is 0 Å². The van der Waals surface area contributed by atoms with E-state index in [9.17, 15) is 9.59 Å². The molecule has 0 atom stereocenters. The number of carbonyl (C=O) groups excluding carboxylic acids is 2. The summed E-state index contributed by atoms with van der Waals surface area (Å²) in [7, 11) is 1.52. The smallest absolute Gasteiger partial charge is 0.201 e. The number of carbonyl (C=O) groups is 2. The zero-order chi connectivity index (χ0) is 14.2. The zero-order valence-electron chi connectivity index (χ0n) is 10.9. The number of ether oxygens (including phenoxy) is 2. The maximum atomic E-state index is 12.2. The second-order valence-corrected chi connectivity index (χ2v) is 5.10. The van der Waals surface area contributed by atoms with Gasteiger partial charge in [0, 0.05) is 23.8 Å². The van der Waals surface area contributed by atoms with Gasteiger partial charge in [0.15, 0.2) is 12.6 Å². The zero-order valence-corrected chi connectivity index (χ0v) is 12.5. The minimum Gasteiger partial charge on any atom is -0.467 e. The van der Waals surface area contributed by atoms with E-state index in [4.69, 9.17) is 9.47 Å². The maximum Gasteiger partial charge on any atom is 0.201 e. The Morgan fingerprint density at radius 3 is 2.37 bits per heavy atom. The molecule has 1 aliphatic rings. The van der Waals surface area contributed by atoms with Gasteiger partial charge in [0.1, 0.15) is 5.75 Å². The molecule has 0 fully saturated rings. The molecule has 0 aromatic heterocycles. The number of ketones is 2. The molecule has 100 valence electrons. The molecule has 2 rings (SSSR count). The van der Waals surface area contributed by atoms with Gasteiger partial charge in [0.05, 0.1) is 4.48 Å². The Bertz CT molecular complexity index is 602. The van der Waals surface area contributed by atoms with Gasteiger partial charge in [0.2, 0.25) is 5.78 Å². The van der Waals surface area contributed by atoms with Crippen LogP contribution >= 0.6 is 15.9 Å². The van der Waals surface area contributed by atoms with Crippen LogP contribution in [0.2, 0.25) is 0 Å². The number of halogens is 1. The van der Waals surface area contributed by atoms with Crippen molar-refractivity contribution in [2.45, 2.75) is 13.8 Å². The van der Waals surface area contributed by atoms with Crippen molar-refractivity contribution in [3.8, 4) is 5.75 Å². The van der Waals surface area contributed by atoms with Crippen LogP contribution in [0.5, 0.6) is 5.75 Å². The Morgan fingerprint density at radius 1 is 1.11 bits per heavy atom. The van der Waals surface area contributed by atoms with E-state index in [0.717, 1.165) is 5.56 Å². The molecule has 0 bridgehead atoms. The predicted molar refractivity (Wildman–Crippen MR) is 74.0 cm³/mol. The van der Waals surface area contributed by atoms with E-state index in [1.165, 1.54) is 7.11 Å². The van der Waals surface area contributed by atoms with Gasteiger partial charge >= 0.3 is 0 Å². The van der Waals surface area contributed by atoms with E-state index in [-0.39, 0.29) is 18.4 Å². The van der Waals surface area contributed by atoms with Crippen LogP contribution in [0.15, 0.2) is 22.2 Å². The molecule has 4 nitrogen and oxygen atoms in total. The maximum absolute atomic E-state index is 12.2. The monoisotopic (exact) mass is 324 g/mol. The van der Waals surface area contributed by atoms with Crippen LogP contribution in [-0.4, -0.2) is 25.5 Å². The standard InChI is InChI=1S/C14H13BrO4/c1-7-4-9-10(5-11(7)19-6-18-3)13(16)8(2)12(15)14(9)17/h4-5H,6H2,1-3H3. The quantitative estimate of drug-likeness (QED) is 0.802. The molecule has 0 amide bonds. The Balaban J connectivity index is 2.54. The van der Waals surface area contributed by atoms with Crippen molar-refractivity contribution in [3.05, 3.63) is 38.9 Å². The molecule has 19 heavy (non-hydrogen) atoms. The van der Waals surface area contributed by atoms with Gasteiger partial charge in [-0.3, -0.25) is 9.59 Å². The average Bonchev–Trinajstić information content (AvgIpc) is 2.41. The molecule has 0 spiro atoms. The van der Waals surface area contributed by atoms with Crippen LogP contribution in [0.3, 0.4) is 0 Å². The average molecular weight is 325 g/mol. The van der Waals surface area contributed by atoms with Gasteiger partial charge in [-0.05, 0) is 47.5 Å². The summed E-state index contributed by atoms with van der Waals surface area (Å²) in [5.41, 5.74) is 1.99. The summed E-state index contributed by atoms with van der Waals surface area (Å²) < 4.78 is 10.6. The number of Topliss-reactive ketones (excluding diaryl/α,β-unsaturated/α-hetero) is 2. The van der Waals surface area contributed by atoms with Crippen LogP contribution < -0.4 is 4.74 Å². The number of hydrogen-bond donors (Lipinski definition) is 0. The third kappa shape index (κ3) is 2.35. The number of allylic oxidation sites excluding steroid dienone is 2. The first kappa shape index (κ1) is 14.0. The molecule has 1 aliphatic carbocycles. The number of aryl methyl sites for hydroxylation is 1. The fourth-order valence-electron chi connectivity index (χ4n) is 1.93. The summed E-state index contributed by atoms with van der Waals surface area (Å²) in [6, 6.07) is 3.28. The first-order valence-electron chi connectivity index (χ1n) is 5.69. The van der Waals surface area contributed by atoms with Gasteiger partial charge in [-0.1, -0.05) is 0 Å². The second-order valence-electron chi connectivity index (χ2n) is 4.31. The lowest BCUT2D eigenvalue weighted by molar-refractivity contribution is 0.0505. The van der Waals surface area contributed by atoms with Crippen molar-refractivity contribution >= 4 is 27.5 Å². The van der Waals surface area contributed by atoms with Gasteiger partial charge in [0.25, 0.3) is 0 Å². The predicted octanol–water partition coefficient (Wildman–Crippen LogP) is 3.03. The van der Waals surface area contributed by atoms with Gasteiger partial charge < -0.3 is 9.47 Å². The number of hydrogen-bond acceptors (Lipinski definition) is 4. The topological polar surface area (TPSA) is 52.6 Å². The number of fused-ring (bicyclic) bond motifs is 1. The SMILES string of the molecule is COCOc1cc2c(cc1C)C(=O)C(Br)=C(C)C2=O. The van der Waals surface area contributed by atoms with E-state index in [1.54, 1.807) is 19.1 Å². The third-order valence-electron chi connectivity index (χ3n) is 3.01. The fraction of sp³-hybridized carbons (Fsp3) is 0.286. The van der Waals surface area contributed by atoms with Gasteiger partial charge in [-0.2, -0.15) is 0 Å². The lowest BCUT2D eigenvalue weighted by atomic mass is 9.89. The molecule has 0 aliphatic heterocycles. The highest BCUT2D eigenvalue weighted by atomic mass is 79.9. The van der Waals surface area contributed by atoms with Gasteiger partial charge in [-0.25, -0.2) is 0 Å². The van der Waals surface area contributed by atoms with Crippen molar-refractivity contribution in [2.24, 2.45) is 0 Å². The Labute approximate surface area is 119 Å². The molecule has 0 radical (unpaired) electrons. The summed E-state index contributed by atoms with van der Waals surface area (Å²) in [4.78, 5) is 24.3. The van der Waals surface area contributed by atoms with Crippen LogP contribution in [0, 0.1) is 6.92 Å². The Hall–Kier alpha value is -1.46. The number of methoxy groups -OCH3 is 1. The lowest BCUT2D eigenvalue weighted by Gasteiger charge is -2.18. The van der Waals surface area contributed by atoms with Crippen LogP contribution in [0.4, 0.5) is 0 Å². The van der Waals surface area contributed by atoms with Crippen molar-refractivity contribution in [2.75, 3.05) is 13.9 Å². The number of rotatable bonds is 3. The first-order valence-corrected chi connectivity index (χ1v) is 6.48. The molecule has 0 unspecified atom stereocenters. The van der Waals surface area contributed by atoms with Crippen molar-refractivity contribution in [1.82, 2.24) is 0 Å². The molecule has 0 heterocycles. The van der Waals surface area contributed by atoms with E-state index in [2.05, 4.69) is 15.9 Å². The highest BCUT2D eigenvalue weighted by Crippen LogP contribution is 2.33. The highest BCUT2D eigenvalue weighted by Gasteiger charge is 2.29. The molecule has 0 saturated carbocycles. The van der Waals surface area contributed by atoms with Crippen molar-refractivity contribution in [1.29, 1.82) is 0 Å².